The molecule has 1 aromatic carbocycles. The van der Waals surface area contributed by atoms with E-state index in [0.29, 0.717) is 5.56 Å². The van der Waals surface area contributed by atoms with Crippen LogP contribution in [-0.2, 0) is 6.54 Å². The minimum Gasteiger partial charge on any atom is -0.367 e. The molecule has 1 fully saturated rings. The van der Waals surface area contributed by atoms with Gasteiger partial charge < -0.3 is 10.6 Å². The lowest BCUT2D eigenvalue weighted by molar-refractivity contribution is 0.567. The molecule has 0 atom stereocenters. The molecule has 0 unspecified atom stereocenters. The predicted octanol–water partition coefficient (Wildman–Crippen LogP) is 2.80. The summed E-state index contributed by atoms with van der Waals surface area (Å²) in [6, 6.07) is 2.67. The summed E-state index contributed by atoms with van der Waals surface area (Å²) in [4.78, 5) is 1.82. The van der Waals surface area contributed by atoms with Crippen molar-refractivity contribution in [1.29, 1.82) is 0 Å². The van der Waals surface area contributed by atoms with Crippen molar-refractivity contribution in [1.82, 2.24) is 0 Å². The van der Waals surface area contributed by atoms with Crippen LogP contribution in [0.2, 0.25) is 0 Å². The molecule has 0 amide bonds. The highest BCUT2D eigenvalue weighted by Gasteiger charge is 2.18. The molecular weight excluding hydrogens is 222 g/mol. The van der Waals surface area contributed by atoms with Crippen LogP contribution in [0.15, 0.2) is 12.1 Å². The Bertz CT molecular complexity index is 362. The third kappa shape index (κ3) is 2.75. The normalized spacial score (nSPS) is 17.0. The number of hydrogen-bond acceptors (Lipinski definition) is 2. The molecule has 1 aliphatic heterocycles. The van der Waals surface area contributed by atoms with Crippen LogP contribution in [0.4, 0.5) is 14.5 Å². The van der Waals surface area contributed by atoms with Crippen molar-refractivity contribution in [2.45, 2.75) is 32.2 Å². The van der Waals surface area contributed by atoms with E-state index < -0.39 is 11.6 Å². The van der Waals surface area contributed by atoms with E-state index in [0.717, 1.165) is 38.8 Å². The van der Waals surface area contributed by atoms with Crippen LogP contribution >= 0.6 is 0 Å². The van der Waals surface area contributed by atoms with Gasteiger partial charge in [0.05, 0.1) is 0 Å². The van der Waals surface area contributed by atoms with Gasteiger partial charge in [-0.2, -0.15) is 0 Å². The van der Waals surface area contributed by atoms with Gasteiger partial charge in [-0.3, -0.25) is 0 Å². The maximum absolute atomic E-state index is 13.9. The number of hydrogen-bond donors (Lipinski definition) is 1. The van der Waals surface area contributed by atoms with Crippen LogP contribution in [0.5, 0.6) is 0 Å². The van der Waals surface area contributed by atoms with E-state index in [9.17, 15) is 8.78 Å². The van der Waals surface area contributed by atoms with Gasteiger partial charge in [0.25, 0.3) is 0 Å². The molecule has 2 rings (SSSR count). The monoisotopic (exact) mass is 240 g/mol. The van der Waals surface area contributed by atoms with Gasteiger partial charge >= 0.3 is 0 Å². The van der Waals surface area contributed by atoms with Gasteiger partial charge in [-0.1, -0.05) is 12.8 Å². The quantitative estimate of drug-likeness (QED) is 0.861. The van der Waals surface area contributed by atoms with Gasteiger partial charge in [0.2, 0.25) is 0 Å². The van der Waals surface area contributed by atoms with Gasteiger partial charge in [0.15, 0.2) is 0 Å². The molecule has 0 radical (unpaired) electrons. The molecule has 0 spiro atoms. The third-order valence-electron chi connectivity index (χ3n) is 3.23. The summed E-state index contributed by atoms with van der Waals surface area (Å²) >= 11 is 0. The summed E-state index contributed by atoms with van der Waals surface area (Å²) in [6.45, 7) is 1.62. The zero-order chi connectivity index (χ0) is 12.3. The molecule has 1 aromatic rings. The van der Waals surface area contributed by atoms with E-state index in [1.54, 1.807) is 0 Å². The fourth-order valence-electron chi connectivity index (χ4n) is 2.33. The van der Waals surface area contributed by atoms with Crippen molar-refractivity contribution in [2.24, 2.45) is 5.73 Å². The molecule has 94 valence electrons. The van der Waals surface area contributed by atoms with E-state index in [4.69, 9.17) is 5.73 Å². The van der Waals surface area contributed by atoms with Crippen LogP contribution in [0, 0.1) is 11.6 Å². The highest BCUT2D eigenvalue weighted by atomic mass is 19.1. The predicted molar refractivity (Wildman–Crippen MR) is 64.9 cm³/mol. The minimum atomic E-state index is -0.493. The average Bonchev–Trinajstić information content (AvgIpc) is 2.57. The Labute approximate surface area is 100 Å². The standard InChI is InChI=1S/C13H18F2N2/c14-11-7-10(9-16)8-12(15)13(11)17-5-3-1-2-4-6-17/h7-8H,1-6,9,16H2. The second-order valence-corrected chi connectivity index (χ2v) is 4.51. The molecule has 2 N–H and O–H groups in total. The van der Waals surface area contributed by atoms with Gasteiger partial charge in [0.1, 0.15) is 17.3 Å². The molecule has 1 aliphatic rings. The Hall–Kier alpha value is -1.16. The second-order valence-electron chi connectivity index (χ2n) is 4.51. The summed E-state index contributed by atoms with van der Waals surface area (Å²) in [5.74, 6) is -0.986. The number of rotatable bonds is 2. The number of halogens is 2. The Balaban J connectivity index is 2.30. The molecule has 0 aliphatic carbocycles. The average molecular weight is 240 g/mol. The highest BCUT2D eigenvalue weighted by molar-refractivity contribution is 5.50. The number of benzene rings is 1. The van der Waals surface area contributed by atoms with Crippen molar-refractivity contribution in [3.8, 4) is 0 Å². The van der Waals surface area contributed by atoms with Crippen molar-refractivity contribution >= 4 is 5.69 Å². The summed E-state index contributed by atoms with van der Waals surface area (Å²) < 4.78 is 27.8. The first kappa shape index (κ1) is 12.3. The topological polar surface area (TPSA) is 29.3 Å². The zero-order valence-electron chi connectivity index (χ0n) is 9.88. The van der Waals surface area contributed by atoms with Gasteiger partial charge in [-0.25, -0.2) is 8.78 Å². The summed E-state index contributed by atoms with van der Waals surface area (Å²) in [5, 5.41) is 0. The van der Waals surface area contributed by atoms with Crippen molar-refractivity contribution in [3.05, 3.63) is 29.3 Å². The third-order valence-corrected chi connectivity index (χ3v) is 3.23. The van der Waals surface area contributed by atoms with Crippen LogP contribution < -0.4 is 10.6 Å². The Kier molecular flexibility index (Phi) is 3.94. The summed E-state index contributed by atoms with van der Waals surface area (Å²) in [5.41, 5.74) is 6.01. The Morgan fingerprint density at radius 3 is 2.00 bits per heavy atom. The maximum Gasteiger partial charge on any atom is 0.149 e. The van der Waals surface area contributed by atoms with Gasteiger partial charge in [-0.05, 0) is 30.5 Å². The first-order valence-electron chi connectivity index (χ1n) is 6.15. The number of nitrogens with two attached hydrogens (primary N) is 1. The molecule has 0 bridgehead atoms. The molecule has 0 saturated carbocycles. The van der Waals surface area contributed by atoms with Crippen molar-refractivity contribution in [2.75, 3.05) is 18.0 Å². The highest BCUT2D eigenvalue weighted by Crippen LogP contribution is 2.27. The van der Waals surface area contributed by atoms with Crippen LogP contribution in [0.25, 0.3) is 0 Å². The van der Waals surface area contributed by atoms with Crippen LogP contribution in [0.3, 0.4) is 0 Å². The second kappa shape index (κ2) is 5.45. The summed E-state index contributed by atoms with van der Waals surface area (Å²) in [6.07, 6.45) is 4.27. The van der Waals surface area contributed by atoms with E-state index in [1.807, 2.05) is 4.90 Å². The lowest BCUT2D eigenvalue weighted by Gasteiger charge is -2.24. The lowest BCUT2D eigenvalue weighted by Crippen LogP contribution is -2.26. The first-order chi connectivity index (χ1) is 8.22. The van der Waals surface area contributed by atoms with E-state index in [1.165, 1.54) is 12.1 Å². The molecule has 0 aromatic heterocycles. The summed E-state index contributed by atoms with van der Waals surface area (Å²) in [7, 11) is 0. The fraction of sp³-hybridized carbons (Fsp3) is 0.538. The molecule has 2 nitrogen and oxygen atoms in total. The maximum atomic E-state index is 13.9. The smallest absolute Gasteiger partial charge is 0.149 e. The van der Waals surface area contributed by atoms with Gasteiger partial charge in [0, 0.05) is 19.6 Å². The van der Waals surface area contributed by atoms with E-state index in [2.05, 4.69) is 0 Å². The first-order valence-corrected chi connectivity index (χ1v) is 6.15. The zero-order valence-corrected chi connectivity index (χ0v) is 9.88. The van der Waals surface area contributed by atoms with Gasteiger partial charge in [-0.15, -0.1) is 0 Å². The molecular formula is C13H18F2N2. The fourth-order valence-corrected chi connectivity index (χ4v) is 2.33. The minimum absolute atomic E-state index is 0.115. The van der Waals surface area contributed by atoms with E-state index >= 15 is 0 Å². The number of anilines is 1. The molecule has 17 heavy (non-hydrogen) atoms. The molecule has 1 heterocycles. The van der Waals surface area contributed by atoms with Crippen molar-refractivity contribution in [3.63, 3.8) is 0 Å². The molecule has 4 heteroatoms. The SMILES string of the molecule is NCc1cc(F)c(N2CCCCCC2)c(F)c1. The Morgan fingerprint density at radius 2 is 1.53 bits per heavy atom. The molecule has 1 saturated heterocycles. The largest absolute Gasteiger partial charge is 0.367 e. The van der Waals surface area contributed by atoms with E-state index in [-0.39, 0.29) is 12.2 Å². The number of nitrogens with zero attached hydrogens (tertiary/aromatic N) is 1. The Morgan fingerprint density at radius 1 is 1.00 bits per heavy atom. The van der Waals surface area contributed by atoms with Crippen molar-refractivity contribution < 1.29 is 8.78 Å². The van der Waals surface area contributed by atoms with Crippen LogP contribution in [0.1, 0.15) is 31.2 Å². The lowest BCUT2D eigenvalue weighted by atomic mass is 10.1. The van der Waals surface area contributed by atoms with Crippen LogP contribution in [-0.4, -0.2) is 13.1 Å².